The SMILES string of the molecule is CC(OC(=O)c1cccc2ocnc12)C(=O)Nc1ccc(Cl)cn1. The van der Waals surface area contributed by atoms with Crippen molar-refractivity contribution in [2.75, 3.05) is 5.32 Å². The lowest BCUT2D eigenvalue weighted by Crippen LogP contribution is -2.30. The van der Waals surface area contributed by atoms with Gasteiger partial charge in [-0.3, -0.25) is 4.79 Å². The molecule has 0 saturated carbocycles. The minimum absolute atomic E-state index is 0.227. The number of oxazole rings is 1. The van der Waals surface area contributed by atoms with Gasteiger partial charge >= 0.3 is 5.97 Å². The van der Waals surface area contributed by atoms with Crippen LogP contribution in [0.1, 0.15) is 17.3 Å². The standard InChI is InChI=1S/C16H12ClN3O4/c1-9(15(21)20-13-6-5-10(17)7-18-13)24-16(22)11-3-2-4-12-14(11)19-8-23-12/h2-9H,1H3,(H,18,20,21). The first-order chi connectivity index (χ1) is 11.5. The second-order valence-electron chi connectivity index (χ2n) is 4.90. The Kier molecular flexibility index (Phi) is 4.43. The van der Waals surface area contributed by atoms with E-state index in [0.29, 0.717) is 21.9 Å². The van der Waals surface area contributed by atoms with Crippen molar-refractivity contribution in [2.45, 2.75) is 13.0 Å². The van der Waals surface area contributed by atoms with Crippen molar-refractivity contribution in [3.63, 3.8) is 0 Å². The minimum atomic E-state index is -1.02. The quantitative estimate of drug-likeness (QED) is 0.730. The molecule has 0 saturated heterocycles. The van der Waals surface area contributed by atoms with Crippen LogP contribution < -0.4 is 5.32 Å². The van der Waals surface area contributed by atoms with Crippen LogP contribution in [0.4, 0.5) is 5.82 Å². The number of benzene rings is 1. The van der Waals surface area contributed by atoms with Crippen LogP contribution >= 0.6 is 11.6 Å². The second kappa shape index (κ2) is 6.67. The zero-order chi connectivity index (χ0) is 17.1. The summed E-state index contributed by atoms with van der Waals surface area (Å²) < 4.78 is 10.3. The molecule has 2 heterocycles. The van der Waals surface area contributed by atoms with E-state index < -0.39 is 18.0 Å². The van der Waals surface area contributed by atoms with Crippen molar-refractivity contribution in [1.29, 1.82) is 0 Å². The number of rotatable bonds is 4. The third-order valence-electron chi connectivity index (χ3n) is 3.21. The number of hydrogen-bond acceptors (Lipinski definition) is 6. The van der Waals surface area contributed by atoms with Gasteiger partial charge in [0.25, 0.3) is 5.91 Å². The molecule has 1 N–H and O–H groups in total. The number of esters is 1. The van der Waals surface area contributed by atoms with Gasteiger partial charge in [0, 0.05) is 6.20 Å². The molecule has 3 aromatic rings. The van der Waals surface area contributed by atoms with E-state index in [-0.39, 0.29) is 5.56 Å². The van der Waals surface area contributed by atoms with Gasteiger partial charge in [-0.1, -0.05) is 17.7 Å². The molecular weight excluding hydrogens is 334 g/mol. The molecule has 0 radical (unpaired) electrons. The van der Waals surface area contributed by atoms with Crippen LogP contribution in [0.15, 0.2) is 47.3 Å². The maximum Gasteiger partial charge on any atom is 0.341 e. The van der Waals surface area contributed by atoms with Crippen LogP contribution in [-0.4, -0.2) is 27.9 Å². The summed E-state index contributed by atoms with van der Waals surface area (Å²) in [5.41, 5.74) is 1.08. The van der Waals surface area contributed by atoms with E-state index in [4.69, 9.17) is 20.8 Å². The highest BCUT2D eigenvalue weighted by Gasteiger charge is 2.21. The van der Waals surface area contributed by atoms with Crippen LogP contribution in [0.2, 0.25) is 5.02 Å². The Hall–Kier alpha value is -2.93. The molecule has 0 aliphatic rings. The Bertz CT molecular complexity index is 892. The van der Waals surface area contributed by atoms with Gasteiger partial charge in [-0.15, -0.1) is 0 Å². The van der Waals surface area contributed by atoms with Crippen molar-refractivity contribution in [3.05, 3.63) is 53.5 Å². The average Bonchev–Trinajstić information content (AvgIpc) is 3.05. The zero-order valence-electron chi connectivity index (χ0n) is 12.5. The molecule has 0 bridgehead atoms. The Morgan fingerprint density at radius 2 is 2.08 bits per heavy atom. The van der Waals surface area contributed by atoms with E-state index in [1.165, 1.54) is 19.5 Å². The van der Waals surface area contributed by atoms with Crippen molar-refractivity contribution in [2.24, 2.45) is 0 Å². The average molecular weight is 346 g/mol. The number of hydrogen-bond donors (Lipinski definition) is 1. The van der Waals surface area contributed by atoms with E-state index in [1.54, 1.807) is 30.3 Å². The van der Waals surface area contributed by atoms with Gasteiger partial charge < -0.3 is 14.5 Å². The number of fused-ring (bicyclic) bond motifs is 1. The highest BCUT2D eigenvalue weighted by molar-refractivity contribution is 6.30. The summed E-state index contributed by atoms with van der Waals surface area (Å²) in [4.78, 5) is 32.3. The molecule has 2 aromatic heterocycles. The first kappa shape index (κ1) is 15.9. The van der Waals surface area contributed by atoms with E-state index in [2.05, 4.69) is 15.3 Å². The topological polar surface area (TPSA) is 94.3 Å². The second-order valence-corrected chi connectivity index (χ2v) is 5.34. The number of nitrogens with zero attached hydrogens (tertiary/aromatic N) is 2. The van der Waals surface area contributed by atoms with Crippen LogP contribution in [0.3, 0.4) is 0 Å². The summed E-state index contributed by atoms with van der Waals surface area (Å²) in [6.45, 7) is 1.46. The van der Waals surface area contributed by atoms with Crippen molar-refractivity contribution >= 4 is 40.4 Å². The van der Waals surface area contributed by atoms with Crippen LogP contribution in [-0.2, 0) is 9.53 Å². The lowest BCUT2D eigenvalue weighted by molar-refractivity contribution is -0.123. The predicted octanol–water partition coefficient (Wildman–Crippen LogP) is 3.06. The van der Waals surface area contributed by atoms with Crippen LogP contribution in [0.25, 0.3) is 11.1 Å². The van der Waals surface area contributed by atoms with Crippen molar-refractivity contribution in [1.82, 2.24) is 9.97 Å². The molecule has 1 aromatic carbocycles. The zero-order valence-corrected chi connectivity index (χ0v) is 13.3. The van der Waals surface area contributed by atoms with E-state index in [0.717, 1.165) is 0 Å². The fourth-order valence-electron chi connectivity index (χ4n) is 2.01. The van der Waals surface area contributed by atoms with Gasteiger partial charge in [-0.05, 0) is 31.2 Å². The molecule has 0 fully saturated rings. The Morgan fingerprint density at radius 3 is 2.83 bits per heavy atom. The molecule has 8 heteroatoms. The van der Waals surface area contributed by atoms with Crippen LogP contribution in [0.5, 0.6) is 0 Å². The maximum absolute atomic E-state index is 12.3. The molecule has 1 unspecified atom stereocenters. The highest BCUT2D eigenvalue weighted by atomic mass is 35.5. The summed E-state index contributed by atoms with van der Waals surface area (Å²) in [7, 11) is 0. The third-order valence-corrected chi connectivity index (χ3v) is 3.44. The monoisotopic (exact) mass is 345 g/mol. The molecule has 1 amide bonds. The van der Waals surface area contributed by atoms with Gasteiger partial charge in [0.05, 0.1) is 10.6 Å². The van der Waals surface area contributed by atoms with Crippen LogP contribution in [0, 0.1) is 0 Å². The summed E-state index contributed by atoms with van der Waals surface area (Å²) in [5.74, 6) is -0.863. The highest BCUT2D eigenvalue weighted by Crippen LogP contribution is 2.18. The summed E-state index contributed by atoms with van der Waals surface area (Å²) in [6.07, 6.45) is 1.63. The fourth-order valence-corrected chi connectivity index (χ4v) is 2.12. The number of pyridine rings is 1. The smallest absolute Gasteiger partial charge is 0.341 e. The summed E-state index contributed by atoms with van der Waals surface area (Å²) in [6, 6.07) is 8.02. The number of halogens is 1. The Labute approximate surface area is 141 Å². The van der Waals surface area contributed by atoms with E-state index >= 15 is 0 Å². The third kappa shape index (κ3) is 3.36. The minimum Gasteiger partial charge on any atom is -0.449 e. The molecular formula is C16H12ClN3O4. The number of anilines is 1. The number of carbonyl (C=O) groups excluding carboxylic acids is 2. The maximum atomic E-state index is 12.3. The number of ether oxygens (including phenoxy) is 1. The number of para-hydroxylation sites is 1. The molecule has 0 aliphatic carbocycles. The molecule has 0 spiro atoms. The molecule has 7 nitrogen and oxygen atoms in total. The summed E-state index contributed by atoms with van der Waals surface area (Å²) in [5, 5.41) is 2.99. The van der Waals surface area contributed by atoms with Gasteiger partial charge in [0.1, 0.15) is 11.3 Å². The molecule has 24 heavy (non-hydrogen) atoms. The lowest BCUT2D eigenvalue weighted by atomic mass is 10.2. The first-order valence-corrected chi connectivity index (χ1v) is 7.38. The van der Waals surface area contributed by atoms with Gasteiger partial charge in [0.2, 0.25) is 0 Å². The molecule has 1 atom stereocenters. The predicted molar refractivity (Wildman–Crippen MR) is 86.8 cm³/mol. The van der Waals surface area contributed by atoms with Gasteiger partial charge in [0.15, 0.2) is 18.1 Å². The van der Waals surface area contributed by atoms with E-state index in [1.807, 2.05) is 0 Å². The number of amides is 1. The lowest BCUT2D eigenvalue weighted by Gasteiger charge is -2.13. The number of aromatic nitrogens is 2. The van der Waals surface area contributed by atoms with Gasteiger partial charge in [-0.2, -0.15) is 0 Å². The Balaban J connectivity index is 1.68. The van der Waals surface area contributed by atoms with Crippen molar-refractivity contribution < 1.29 is 18.7 Å². The largest absolute Gasteiger partial charge is 0.449 e. The van der Waals surface area contributed by atoms with Gasteiger partial charge in [-0.25, -0.2) is 14.8 Å². The normalized spacial score (nSPS) is 11.9. The molecule has 3 rings (SSSR count). The van der Waals surface area contributed by atoms with E-state index in [9.17, 15) is 9.59 Å². The summed E-state index contributed by atoms with van der Waals surface area (Å²) >= 11 is 5.73. The molecule has 0 aliphatic heterocycles. The number of carbonyl (C=O) groups is 2. The Morgan fingerprint density at radius 1 is 1.25 bits per heavy atom. The molecule has 122 valence electrons. The fraction of sp³-hybridized carbons (Fsp3) is 0.125. The first-order valence-electron chi connectivity index (χ1n) is 7.00. The van der Waals surface area contributed by atoms with Crippen molar-refractivity contribution in [3.8, 4) is 0 Å². The number of nitrogens with one attached hydrogen (secondary N) is 1.